The van der Waals surface area contributed by atoms with E-state index in [0.29, 0.717) is 12.6 Å². The zero-order valence-corrected chi connectivity index (χ0v) is 10.8. The summed E-state index contributed by atoms with van der Waals surface area (Å²) in [6, 6.07) is 4.20. The molecule has 0 aliphatic carbocycles. The van der Waals surface area contributed by atoms with Gasteiger partial charge in [-0.25, -0.2) is 0 Å². The van der Waals surface area contributed by atoms with Crippen molar-refractivity contribution in [3.8, 4) is 5.75 Å². The summed E-state index contributed by atoms with van der Waals surface area (Å²) in [5, 5.41) is 4.20. The molecular formula is C11H13ClN2OS. The van der Waals surface area contributed by atoms with Crippen LogP contribution in [0.3, 0.4) is 0 Å². The van der Waals surface area contributed by atoms with Crippen LogP contribution in [0, 0.1) is 0 Å². The number of aromatic nitrogens is 2. The molecule has 3 nitrogen and oxygen atoms in total. The first-order valence-electron chi connectivity index (χ1n) is 5.06. The van der Waals surface area contributed by atoms with Crippen LogP contribution in [0.15, 0.2) is 24.5 Å². The number of halogens is 1. The predicted molar refractivity (Wildman–Crippen MR) is 66.3 cm³/mol. The van der Waals surface area contributed by atoms with Crippen LogP contribution in [0.1, 0.15) is 24.8 Å². The maximum Gasteiger partial charge on any atom is 0.157 e. The van der Waals surface area contributed by atoms with Crippen molar-refractivity contribution < 1.29 is 4.74 Å². The molecule has 0 amide bonds. The van der Waals surface area contributed by atoms with Gasteiger partial charge in [-0.05, 0) is 26.0 Å². The van der Waals surface area contributed by atoms with Crippen molar-refractivity contribution in [2.75, 3.05) is 0 Å². The van der Waals surface area contributed by atoms with Crippen LogP contribution in [0.5, 0.6) is 5.75 Å². The van der Waals surface area contributed by atoms with Gasteiger partial charge in [0.05, 0.1) is 16.7 Å². The molecule has 16 heavy (non-hydrogen) atoms. The van der Waals surface area contributed by atoms with Crippen LogP contribution in [0.2, 0.25) is 4.34 Å². The highest BCUT2D eigenvalue weighted by atomic mass is 35.5. The first-order valence-corrected chi connectivity index (χ1v) is 6.26. The van der Waals surface area contributed by atoms with Gasteiger partial charge in [0.2, 0.25) is 0 Å². The maximum absolute atomic E-state index is 5.83. The minimum absolute atomic E-state index is 0.355. The van der Waals surface area contributed by atoms with Crippen LogP contribution in [-0.2, 0) is 6.61 Å². The van der Waals surface area contributed by atoms with E-state index in [9.17, 15) is 0 Å². The summed E-state index contributed by atoms with van der Waals surface area (Å²) in [6.45, 7) is 4.70. The fraction of sp³-hybridized carbons (Fsp3) is 0.364. The number of thiophene rings is 1. The normalized spacial score (nSPS) is 11.0. The van der Waals surface area contributed by atoms with Crippen molar-refractivity contribution >= 4 is 22.9 Å². The van der Waals surface area contributed by atoms with Gasteiger partial charge in [-0.2, -0.15) is 5.10 Å². The lowest BCUT2D eigenvalue weighted by atomic mass is 10.4. The molecule has 0 aromatic carbocycles. The summed E-state index contributed by atoms with van der Waals surface area (Å²) in [5.41, 5.74) is 0. The first kappa shape index (κ1) is 11.5. The average molecular weight is 257 g/mol. The molecule has 0 N–H and O–H groups in total. The predicted octanol–water partition coefficient (Wildman–Crippen LogP) is 3.76. The standard InChI is InChI=1S/C11H13ClN2OS/c1-8(2)14-6-9(5-13-14)15-7-10-3-4-11(12)16-10/h3-6,8H,7H2,1-2H3. The number of hydrogen-bond acceptors (Lipinski definition) is 3. The lowest BCUT2D eigenvalue weighted by Gasteiger charge is -2.03. The molecule has 0 atom stereocenters. The Balaban J connectivity index is 1.94. The Hall–Kier alpha value is -1.00. The van der Waals surface area contributed by atoms with E-state index in [-0.39, 0.29) is 0 Å². The number of rotatable bonds is 4. The van der Waals surface area contributed by atoms with Crippen LogP contribution in [0.4, 0.5) is 0 Å². The maximum atomic E-state index is 5.83. The van der Waals surface area contributed by atoms with Crippen LogP contribution < -0.4 is 4.74 Å². The number of nitrogens with zero attached hydrogens (tertiary/aromatic N) is 2. The third-order valence-corrected chi connectivity index (χ3v) is 3.32. The number of ether oxygens (including phenoxy) is 1. The molecule has 5 heteroatoms. The Kier molecular flexibility index (Phi) is 3.51. The molecule has 0 spiro atoms. The summed E-state index contributed by atoms with van der Waals surface area (Å²) in [6.07, 6.45) is 3.63. The van der Waals surface area contributed by atoms with Gasteiger partial charge in [0.15, 0.2) is 5.75 Å². The van der Waals surface area contributed by atoms with Gasteiger partial charge in [0.1, 0.15) is 6.61 Å². The summed E-state index contributed by atoms with van der Waals surface area (Å²) >= 11 is 7.37. The second kappa shape index (κ2) is 4.89. The molecule has 2 rings (SSSR count). The molecule has 86 valence electrons. The fourth-order valence-electron chi connectivity index (χ4n) is 1.26. The van der Waals surface area contributed by atoms with E-state index in [1.54, 1.807) is 6.20 Å². The average Bonchev–Trinajstić information content (AvgIpc) is 2.83. The summed E-state index contributed by atoms with van der Waals surface area (Å²) in [5.74, 6) is 0.790. The van der Waals surface area contributed by atoms with E-state index in [1.807, 2.05) is 23.0 Å². The van der Waals surface area contributed by atoms with E-state index >= 15 is 0 Å². The molecule has 0 aliphatic rings. The van der Waals surface area contributed by atoms with Crippen molar-refractivity contribution in [1.82, 2.24) is 9.78 Å². The lowest BCUT2D eigenvalue weighted by Crippen LogP contribution is -1.99. The van der Waals surface area contributed by atoms with Gasteiger partial charge in [-0.1, -0.05) is 11.6 Å². The monoisotopic (exact) mass is 256 g/mol. The molecule has 0 saturated carbocycles. The Morgan fingerprint density at radius 3 is 2.88 bits per heavy atom. The molecule has 0 aliphatic heterocycles. The highest BCUT2D eigenvalue weighted by molar-refractivity contribution is 7.16. The zero-order valence-electron chi connectivity index (χ0n) is 9.18. The SMILES string of the molecule is CC(C)n1cc(OCc2ccc(Cl)s2)cn1. The van der Waals surface area contributed by atoms with E-state index in [0.717, 1.165) is 15.0 Å². The smallest absolute Gasteiger partial charge is 0.157 e. The highest BCUT2D eigenvalue weighted by Gasteiger charge is 2.03. The zero-order chi connectivity index (χ0) is 11.5. The molecule has 2 aromatic heterocycles. The minimum Gasteiger partial charge on any atom is -0.485 e. The molecule has 0 unspecified atom stereocenters. The van der Waals surface area contributed by atoms with Crippen LogP contribution in [0.25, 0.3) is 0 Å². The summed E-state index contributed by atoms with van der Waals surface area (Å²) in [4.78, 5) is 1.11. The van der Waals surface area contributed by atoms with E-state index < -0.39 is 0 Å². The molecule has 2 heterocycles. The molecule has 0 radical (unpaired) electrons. The fourth-order valence-corrected chi connectivity index (χ4v) is 2.26. The van der Waals surface area contributed by atoms with Crippen LogP contribution in [-0.4, -0.2) is 9.78 Å². The van der Waals surface area contributed by atoms with E-state index in [2.05, 4.69) is 18.9 Å². The summed E-state index contributed by atoms with van der Waals surface area (Å²) in [7, 11) is 0. The van der Waals surface area contributed by atoms with Crippen molar-refractivity contribution in [2.24, 2.45) is 0 Å². The van der Waals surface area contributed by atoms with Crippen molar-refractivity contribution in [3.05, 3.63) is 33.7 Å². The van der Waals surface area contributed by atoms with Gasteiger partial charge in [-0.3, -0.25) is 4.68 Å². The molecular weight excluding hydrogens is 244 g/mol. The van der Waals surface area contributed by atoms with Crippen molar-refractivity contribution in [2.45, 2.75) is 26.5 Å². The van der Waals surface area contributed by atoms with Gasteiger partial charge in [0.25, 0.3) is 0 Å². The minimum atomic E-state index is 0.355. The lowest BCUT2D eigenvalue weighted by molar-refractivity contribution is 0.309. The first-order chi connectivity index (χ1) is 7.65. The Bertz CT molecular complexity index is 464. The molecule has 0 saturated heterocycles. The third kappa shape index (κ3) is 2.77. The van der Waals surface area contributed by atoms with Gasteiger partial charge < -0.3 is 4.74 Å². The van der Waals surface area contributed by atoms with E-state index in [4.69, 9.17) is 16.3 Å². The Labute approximate surface area is 104 Å². The number of hydrogen-bond donors (Lipinski definition) is 0. The summed E-state index contributed by atoms with van der Waals surface area (Å²) < 4.78 is 8.26. The second-order valence-corrected chi connectivity index (χ2v) is 5.54. The third-order valence-electron chi connectivity index (χ3n) is 2.12. The van der Waals surface area contributed by atoms with Crippen LogP contribution >= 0.6 is 22.9 Å². The van der Waals surface area contributed by atoms with Crippen molar-refractivity contribution in [1.29, 1.82) is 0 Å². The molecule has 0 bridgehead atoms. The Morgan fingerprint density at radius 1 is 1.50 bits per heavy atom. The van der Waals surface area contributed by atoms with Gasteiger partial charge in [0, 0.05) is 10.9 Å². The molecule has 0 fully saturated rings. The van der Waals surface area contributed by atoms with Crippen molar-refractivity contribution in [3.63, 3.8) is 0 Å². The largest absolute Gasteiger partial charge is 0.485 e. The highest BCUT2D eigenvalue weighted by Crippen LogP contribution is 2.23. The molecule has 2 aromatic rings. The van der Waals surface area contributed by atoms with E-state index in [1.165, 1.54) is 11.3 Å². The topological polar surface area (TPSA) is 27.1 Å². The second-order valence-electron chi connectivity index (χ2n) is 3.74. The van der Waals surface area contributed by atoms with Gasteiger partial charge >= 0.3 is 0 Å². The quantitative estimate of drug-likeness (QED) is 0.833. The van der Waals surface area contributed by atoms with Gasteiger partial charge in [-0.15, -0.1) is 11.3 Å². The Morgan fingerprint density at radius 2 is 2.31 bits per heavy atom.